The molecule has 0 heterocycles. The maximum atomic E-state index is 11.4. The first-order chi connectivity index (χ1) is 5.84. The van der Waals surface area contributed by atoms with Gasteiger partial charge in [0.15, 0.2) is 0 Å². The number of hydrogen-bond donors (Lipinski definition) is 1. The van der Waals surface area contributed by atoms with Gasteiger partial charge in [0.1, 0.15) is 4.75 Å². The third kappa shape index (κ3) is 7.31. The van der Waals surface area contributed by atoms with E-state index in [1.165, 1.54) is 0 Å². The number of hydrogen-bond acceptors (Lipinski definition) is 3. The highest BCUT2D eigenvalue weighted by Crippen LogP contribution is 2.12. The predicted octanol–water partition coefficient (Wildman–Crippen LogP) is 2.02. The molecule has 0 radical (unpaired) electrons. The van der Waals surface area contributed by atoms with Crippen LogP contribution in [-0.4, -0.2) is 15.9 Å². The van der Waals surface area contributed by atoms with Crippen LogP contribution < -0.4 is 4.89 Å². The fourth-order valence-corrected chi connectivity index (χ4v) is 0.955. The minimum atomic E-state index is -1.12. The largest absolute Gasteiger partial charge is 0.596 e. The van der Waals surface area contributed by atoms with Crippen LogP contribution in [-0.2, 0) is 16.2 Å². The highest BCUT2D eigenvalue weighted by atomic mass is 32.2. The molecule has 0 aromatic rings. The lowest BCUT2D eigenvalue weighted by molar-refractivity contribution is 0.0829. The zero-order chi connectivity index (χ0) is 10.5. The van der Waals surface area contributed by atoms with Crippen molar-refractivity contribution in [2.24, 2.45) is 5.92 Å². The van der Waals surface area contributed by atoms with Gasteiger partial charge in [-0.2, -0.15) is 0 Å². The SMILES string of the molecule is CC(C)CCON[S+]([O-])C(C)(C)C. The first kappa shape index (κ1) is 13.2. The van der Waals surface area contributed by atoms with E-state index in [2.05, 4.69) is 18.7 Å². The van der Waals surface area contributed by atoms with Crippen molar-refractivity contribution in [3.63, 3.8) is 0 Å². The fraction of sp³-hybridized carbons (Fsp3) is 1.00. The fourth-order valence-electron chi connectivity index (χ4n) is 0.515. The molecule has 80 valence electrons. The van der Waals surface area contributed by atoms with Crippen molar-refractivity contribution < 1.29 is 9.39 Å². The second kappa shape index (κ2) is 5.86. The summed E-state index contributed by atoms with van der Waals surface area (Å²) in [7, 11) is 0. The Morgan fingerprint density at radius 3 is 2.31 bits per heavy atom. The van der Waals surface area contributed by atoms with Crippen molar-refractivity contribution in [3.05, 3.63) is 0 Å². The van der Waals surface area contributed by atoms with Gasteiger partial charge in [0.2, 0.25) is 0 Å². The van der Waals surface area contributed by atoms with Gasteiger partial charge in [-0.25, -0.2) is 0 Å². The Morgan fingerprint density at radius 2 is 1.92 bits per heavy atom. The van der Waals surface area contributed by atoms with Gasteiger partial charge in [0.25, 0.3) is 0 Å². The third-order valence-electron chi connectivity index (χ3n) is 1.49. The molecule has 0 fully saturated rings. The molecule has 0 bridgehead atoms. The quantitative estimate of drug-likeness (QED) is 0.426. The third-order valence-corrected chi connectivity index (χ3v) is 2.87. The summed E-state index contributed by atoms with van der Waals surface area (Å²) in [4.78, 5) is 7.63. The lowest BCUT2D eigenvalue weighted by atomic mass is 10.1. The average Bonchev–Trinajstić information content (AvgIpc) is 1.95. The molecule has 0 saturated carbocycles. The molecular formula is C9H21NO2S. The molecule has 13 heavy (non-hydrogen) atoms. The smallest absolute Gasteiger partial charge is 0.139 e. The van der Waals surface area contributed by atoms with E-state index in [4.69, 9.17) is 4.84 Å². The summed E-state index contributed by atoms with van der Waals surface area (Å²) in [5.41, 5.74) is 0. The second-order valence-corrected chi connectivity index (χ2v) is 6.42. The van der Waals surface area contributed by atoms with Gasteiger partial charge in [-0.1, -0.05) is 13.8 Å². The van der Waals surface area contributed by atoms with E-state index in [-0.39, 0.29) is 4.75 Å². The summed E-state index contributed by atoms with van der Waals surface area (Å²) < 4.78 is 11.1. The summed E-state index contributed by atoms with van der Waals surface area (Å²) in [5, 5.41) is 0. The Labute approximate surface area is 84.5 Å². The van der Waals surface area contributed by atoms with Gasteiger partial charge in [-0.3, -0.25) is 4.84 Å². The van der Waals surface area contributed by atoms with E-state index in [1.54, 1.807) is 0 Å². The standard InChI is InChI=1S/C9H21NO2S/c1-8(2)6-7-12-10-13(11)9(3,4)5/h8,10H,6-7H2,1-5H3. The van der Waals surface area contributed by atoms with Crippen molar-refractivity contribution in [2.45, 2.75) is 45.8 Å². The normalized spacial score (nSPS) is 15.0. The van der Waals surface area contributed by atoms with Crippen LogP contribution in [0.5, 0.6) is 0 Å². The van der Waals surface area contributed by atoms with Crippen LogP contribution in [0.1, 0.15) is 41.0 Å². The van der Waals surface area contributed by atoms with Crippen molar-refractivity contribution >= 4 is 11.4 Å². The molecule has 0 amide bonds. The molecule has 0 aromatic carbocycles. The Kier molecular flexibility index (Phi) is 5.96. The minimum absolute atomic E-state index is 0.266. The maximum absolute atomic E-state index is 11.4. The van der Waals surface area contributed by atoms with Crippen molar-refractivity contribution in [2.75, 3.05) is 6.61 Å². The van der Waals surface area contributed by atoms with E-state index in [1.807, 2.05) is 20.8 Å². The van der Waals surface area contributed by atoms with Crippen LogP contribution in [0.2, 0.25) is 0 Å². The minimum Gasteiger partial charge on any atom is -0.596 e. The first-order valence-corrected chi connectivity index (χ1v) is 5.78. The highest BCUT2D eigenvalue weighted by molar-refractivity contribution is 7.90. The van der Waals surface area contributed by atoms with E-state index in [0.29, 0.717) is 12.5 Å². The Balaban J connectivity index is 3.43. The summed E-state index contributed by atoms with van der Waals surface area (Å²) in [5.74, 6) is 0.616. The molecule has 1 N–H and O–H groups in total. The monoisotopic (exact) mass is 207 g/mol. The average molecular weight is 207 g/mol. The Bertz CT molecular complexity index is 134. The summed E-state index contributed by atoms with van der Waals surface area (Å²) in [6.07, 6.45) is 0.980. The van der Waals surface area contributed by atoms with Crippen molar-refractivity contribution in [1.82, 2.24) is 4.89 Å². The summed E-state index contributed by atoms with van der Waals surface area (Å²) >= 11 is -1.12. The second-order valence-electron chi connectivity index (χ2n) is 4.50. The zero-order valence-electron chi connectivity index (χ0n) is 9.22. The van der Waals surface area contributed by atoms with Crippen LogP contribution in [0.15, 0.2) is 0 Å². The summed E-state index contributed by atoms with van der Waals surface area (Å²) in [6, 6.07) is 0. The topological polar surface area (TPSA) is 44.3 Å². The molecule has 0 aliphatic carbocycles. The molecule has 0 spiro atoms. The predicted molar refractivity (Wildman–Crippen MR) is 56.4 cm³/mol. The molecule has 1 atom stereocenters. The van der Waals surface area contributed by atoms with Crippen molar-refractivity contribution in [3.8, 4) is 0 Å². The van der Waals surface area contributed by atoms with E-state index < -0.39 is 11.4 Å². The molecule has 0 aromatic heterocycles. The van der Waals surface area contributed by atoms with E-state index >= 15 is 0 Å². The number of nitrogens with one attached hydrogen (secondary N) is 1. The van der Waals surface area contributed by atoms with Gasteiger partial charge >= 0.3 is 0 Å². The molecule has 0 saturated heterocycles. The lowest BCUT2D eigenvalue weighted by Gasteiger charge is -2.22. The van der Waals surface area contributed by atoms with Crippen LogP contribution >= 0.6 is 0 Å². The van der Waals surface area contributed by atoms with Crippen LogP contribution in [0.3, 0.4) is 0 Å². The first-order valence-electron chi connectivity index (χ1n) is 4.63. The molecule has 0 aliphatic rings. The van der Waals surface area contributed by atoms with Crippen LogP contribution in [0.4, 0.5) is 0 Å². The van der Waals surface area contributed by atoms with Gasteiger partial charge in [-0.05, 0) is 38.0 Å². The Hall–Kier alpha value is 0.230. The van der Waals surface area contributed by atoms with Crippen LogP contribution in [0, 0.1) is 5.92 Å². The van der Waals surface area contributed by atoms with Gasteiger partial charge in [0.05, 0.1) is 18.0 Å². The molecule has 3 nitrogen and oxygen atoms in total. The molecule has 0 aliphatic heterocycles. The summed E-state index contributed by atoms with van der Waals surface area (Å²) in [6.45, 7) is 10.6. The molecule has 4 heteroatoms. The molecular weight excluding hydrogens is 186 g/mol. The number of rotatable bonds is 5. The molecule has 1 unspecified atom stereocenters. The maximum Gasteiger partial charge on any atom is 0.139 e. The van der Waals surface area contributed by atoms with Gasteiger partial charge in [0, 0.05) is 0 Å². The molecule has 0 rings (SSSR count). The van der Waals surface area contributed by atoms with E-state index in [0.717, 1.165) is 6.42 Å². The van der Waals surface area contributed by atoms with Gasteiger partial charge in [-0.15, -0.1) is 0 Å². The van der Waals surface area contributed by atoms with Crippen LogP contribution in [0.25, 0.3) is 0 Å². The zero-order valence-corrected chi connectivity index (χ0v) is 10.0. The highest BCUT2D eigenvalue weighted by Gasteiger charge is 2.26. The Morgan fingerprint density at radius 1 is 1.38 bits per heavy atom. The lowest BCUT2D eigenvalue weighted by Crippen LogP contribution is -2.39. The van der Waals surface area contributed by atoms with Crippen molar-refractivity contribution in [1.29, 1.82) is 0 Å². The van der Waals surface area contributed by atoms with Gasteiger partial charge < -0.3 is 4.55 Å². The van der Waals surface area contributed by atoms with E-state index in [9.17, 15) is 4.55 Å².